The average molecular weight is 355 g/mol. The van der Waals surface area contributed by atoms with Crippen LogP contribution in [0.4, 0.5) is 11.4 Å². The Bertz CT molecular complexity index is 820. The molecule has 1 amide bonds. The van der Waals surface area contributed by atoms with E-state index >= 15 is 0 Å². The van der Waals surface area contributed by atoms with Crippen molar-refractivity contribution in [1.82, 2.24) is 0 Å². The van der Waals surface area contributed by atoms with E-state index in [4.69, 9.17) is 10.5 Å². The van der Waals surface area contributed by atoms with Gasteiger partial charge in [0.2, 0.25) is 5.91 Å². The highest BCUT2D eigenvalue weighted by Crippen LogP contribution is 2.34. The van der Waals surface area contributed by atoms with E-state index in [1.807, 2.05) is 30.3 Å². The number of fused-ring (bicyclic) bond motifs is 1. The molecule has 1 unspecified atom stereocenters. The fraction of sp³-hybridized carbons (Fsp3) is 0.263. The van der Waals surface area contributed by atoms with Crippen LogP contribution in [0, 0.1) is 0 Å². The zero-order valence-corrected chi connectivity index (χ0v) is 14.4. The van der Waals surface area contributed by atoms with E-state index in [9.17, 15) is 14.7 Å². The summed E-state index contributed by atoms with van der Waals surface area (Å²) >= 11 is 0. The molecule has 0 saturated carbocycles. The van der Waals surface area contributed by atoms with Crippen molar-refractivity contribution in [2.45, 2.75) is 19.1 Å². The van der Waals surface area contributed by atoms with Gasteiger partial charge in [-0.25, -0.2) is 4.79 Å². The Morgan fingerprint density at radius 1 is 1.27 bits per heavy atom. The number of carbonyl (C=O) groups excluding carboxylic acids is 1. The molecule has 0 bridgehead atoms. The zero-order valence-electron chi connectivity index (χ0n) is 14.4. The molecule has 7 heteroatoms. The minimum absolute atomic E-state index is 0.0544. The van der Waals surface area contributed by atoms with E-state index in [0.29, 0.717) is 24.5 Å². The van der Waals surface area contributed by atoms with Gasteiger partial charge in [0, 0.05) is 24.8 Å². The molecule has 2 aromatic carbocycles. The number of amides is 1. The number of rotatable bonds is 6. The first-order valence-electron chi connectivity index (χ1n) is 8.28. The van der Waals surface area contributed by atoms with Crippen molar-refractivity contribution >= 4 is 23.3 Å². The van der Waals surface area contributed by atoms with Crippen LogP contribution in [0.25, 0.3) is 0 Å². The van der Waals surface area contributed by atoms with Crippen LogP contribution in [-0.4, -0.2) is 36.6 Å². The number of hydrogen-bond donors (Lipinski definition) is 3. The first-order chi connectivity index (χ1) is 12.5. The van der Waals surface area contributed by atoms with Crippen molar-refractivity contribution in [3.05, 3.63) is 53.6 Å². The molecule has 0 aliphatic carbocycles. The summed E-state index contributed by atoms with van der Waals surface area (Å²) in [5.74, 6) is -0.367. The third-order valence-electron chi connectivity index (χ3n) is 4.43. The minimum Gasteiger partial charge on any atom is -0.489 e. The Morgan fingerprint density at radius 3 is 2.65 bits per heavy atom. The number of anilines is 2. The van der Waals surface area contributed by atoms with Gasteiger partial charge < -0.3 is 25.8 Å². The molecular weight excluding hydrogens is 334 g/mol. The third-order valence-corrected chi connectivity index (χ3v) is 4.43. The molecular formula is C19H21N3O4. The number of benzene rings is 2. The van der Waals surface area contributed by atoms with Crippen molar-refractivity contribution in [2.24, 2.45) is 5.73 Å². The number of carboxylic acid groups (broad SMARTS) is 1. The van der Waals surface area contributed by atoms with E-state index in [-0.39, 0.29) is 12.5 Å². The standard InChI is InChI=1S/C19H21N3O4/c1-22-16-7-6-15(8-13(16)9-17(22)19(24)25)26-11-12-2-4-14(5-3-12)21-18(23)10-20/h2-8,17H,9-11,20H2,1H3,(H,21,23)(H,24,25). The van der Waals surface area contributed by atoms with Gasteiger partial charge in [0.05, 0.1) is 6.54 Å². The molecule has 1 aliphatic rings. The maximum atomic E-state index is 11.3. The second-order valence-corrected chi connectivity index (χ2v) is 6.20. The molecule has 4 N–H and O–H groups in total. The highest BCUT2D eigenvalue weighted by atomic mass is 16.5. The molecule has 1 aliphatic heterocycles. The van der Waals surface area contributed by atoms with Crippen molar-refractivity contribution < 1.29 is 19.4 Å². The van der Waals surface area contributed by atoms with Gasteiger partial charge in [0.1, 0.15) is 18.4 Å². The molecule has 7 nitrogen and oxygen atoms in total. The van der Waals surface area contributed by atoms with Crippen LogP contribution in [0.1, 0.15) is 11.1 Å². The van der Waals surface area contributed by atoms with E-state index in [1.165, 1.54) is 0 Å². The summed E-state index contributed by atoms with van der Waals surface area (Å²) < 4.78 is 5.82. The summed E-state index contributed by atoms with van der Waals surface area (Å²) in [5, 5.41) is 11.9. The predicted molar refractivity (Wildman–Crippen MR) is 98.4 cm³/mol. The monoisotopic (exact) mass is 355 g/mol. The van der Waals surface area contributed by atoms with Crippen LogP contribution >= 0.6 is 0 Å². The molecule has 136 valence electrons. The maximum absolute atomic E-state index is 11.3. The number of nitrogens with zero attached hydrogens (tertiary/aromatic N) is 1. The van der Waals surface area contributed by atoms with Gasteiger partial charge in [-0.3, -0.25) is 4.79 Å². The van der Waals surface area contributed by atoms with Gasteiger partial charge in [-0.15, -0.1) is 0 Å². The molecule has 0 radical (unpaired) electrons. The molecule has 2 aromatic rings. The lowest BCUT2D eigenvalue weighted by Crippen LogP contribution is -2.35. The summed E-state index contributed by atoms with van der Waals surface area (Å²) in [6.07, 6.45) is 0.466. The lowest BCUT2D eigenvalue weighted by atomic mass is 10.1. The maximum Gasteiger partial charge on any atom is 0.326 e. The van der Waals surface area contributed by atoms with Gasteiger partial charge in [0.25, 0.3) is 0 Å². The number of likely N-dealkylation sites (N-methyl/N-ethyl adjacent to an activating group) is 1. The zero-order chi connectivity index (χ0) is 18.7. The number of carboxylic acids is 1. The predicted octanol–water partition coefficient (Wildman–Crippen LogP) is 1.61. The summed E-state index contributed by atoms with van der Waals surface area (Å²) in [5.41, 5.74) is 8.80. The normalized spacial score (nSPS) is 15.5. The average Bonchev–Trinajstić information content (AvgIpc) is 2.97. The van der Waals surface area contributed by atoms with Gasteiger partial charge in [-0.05, 0) is 41.5 Å². The van der Waals surface area contributed by atoms with Crippen molar-refractivity contribution in [2.75, 3.05) is 23.8 Å². The van der Waals surface area contributed by atoms with Crippen LogP contribution in [0.5, 0.6) is 5.75 Å². The Labute approximate surface area is 151 Å². The van der Waals surface area contributed by atoms with Crippen molar-refractivity contribution in [3.63, 3.8) is 0 Å². The SMILES string of the molecule is CN1c2ccc(OCc3ccc(NC(=O)CN)cc3)cc2CC1C(=O)O. The van der Waals surface area contributed by atoms with Gasteiger partial charge >= 0.3 is 5.97 Å². The molecule has 0 aromatic heterocycles. The number of aliphatic carboxylic acids is 1. The number of hydrogen-bond acceptors (Lipinski definition) is 5. The fourth-order valence-electron chi connectivity index (χ4n) is 2.99. The Kier molecular flexibility index (Phi) is 5.09. The Morgan fingerprint density at radius 2 is 2.00 bits per heavy atom. The lowest BCUT2D eigenvalue weighted by Gasteiger charge is -2.18. The molecule has 1 atom stereocenters. The summed E-state index contributed by atoms with van der Waals surface area (Å²) in [7, 11) is 1.79. The summed E-state index contributed by atoms with van der Waals surface area (Å²) in [4.78, 5) is 24.3. The molecule has 3 rings (SSSR count). The van der Waals surface area contributed by atoms with Gasteiger partial charge in [-0.1, -0.05) is 12.1 Å². The van der Waals surface area contributed by atoms with E-state index in [0.717, 1.165) is 16.8 Å². The minimum atomic E-state index is -0.826. The highest BCUT2D eigenvalue weighted by Gasteiger charge is 2.31. The molecule has 26 heavy (non-hydrogen) atoms. The van der Waals surface area contributed by atoms with E-state index < -0.39 is 12.0 Å². The van der Waals surface area contributed by atoms with E-state index in [2.05, 4.69) is 5.32 Å². The number of nitrogens with one attached hydrogen (secondary N) is 1. The van der Waals surface area contributed by atoms with Crippen LogP contribution in [-0.2, 0) is 22.6 Å². The van der Waals surface area contributed by atoms with Crippen LogP contribution in [0.15, 0.2) is 42.5 Å². The topological polar surface area (TPSA) is 105 Å². The number of carbonyl (C=O) groups is 2. The third kappa shape index (κ3) is 3.78. The Hall–Kier alpha value is -3.06. The quantitative estimate of drug-likeness (QED) is 0.727. The fourth-order valence-corrected chi connectivity index (χ4v) is 2.99. The first-order valence-corrected chi connectivity index (χ1v) is 8.28. The number of ether oxygens (including phenoxy) is 1. The smallest absolute Gasteiger partial charge is 0.326 e. The Balaban J connectivity index is 1.62. The second kappa shape index (κ2) is 7.45. The lowest BCUT2D eigenvalue weighted by molar-refractivity contribution is -0.138. The molecule has 0 spiro atoms. The second-order valence-electron chi connectivity index (χ2n) is 6.20. The van der Waals surface area contributed by atoms with Crippen molar-refractivity contribution in [3.8, 4) is 5.75 Å². The van der Waals surface area contributed by atoms with Gasteiger partial charge in [-0.2, -0.15) is 0 Å². The summed E-state index contributed by atoms with van der Waals surface area (Å²) in [6.45, 7) is 0.323. The van der Waals surface area contributed by atoms with Crippen molar-refractivity contribution in [1.29, 1.82) is 0 Å². The van der Waals surface area contributed by atoms with Crippen LogP contribution < -0.4 is 20.7 Å². The molecule has 1 heterocycles. The molecule has 0 fully saturated rings. The van der Waals surface area contributed by atoms with Crippen LogP contribution in [0.2, 0.25) is 0 Å². The highest BCUT2D eigenvalue weighted by molar-refractivity contribution is 5.92. The summed E-state index contributed by atoms with van der Waals surface area (Å²) in [6, 6.07) is 12.4. The largest absolute Gasteiger partial charge is 0.489 e. The number of nitrogens with two attached hydrogens (primary N) is 1. The van der Waals surface area contributed by atoms with Crippen LogP contribution in [0.3, 0.4) is 0 Å². The van der Waals surface area contributed by atoms with Gasteiger partial charge in [0.15, 0.2) is 0 Å². The first kappa shape index (κ1) is 17.8. The van der Waals surface area contributed by atoms with E-state index in [1.54, 1.807) is 24.1 Å². The molecule has 0 saturated heterocycles.